The van der Waals surface area contributed by atoms with Crippen molar-refractivity contribution in [3.63, 3.8) is 0 Å². The van der Waals surface area contributed by atoms with E-state index in [0.29, 0.717) is 6.42 Å². The quantitative estimate of drug-likeness (QED) is 0.239. The van der Waals surface area contributed by atoms with Gasteiger partial charge < -0.3 is 4.42 Å². The summed E-state index contributed by atoms with van der Waals surface area (Å²) in [7, 11) is -1.52. The zero-order chi connectivity index (χ0) is 19.6. The van der Waals surface area contributed by atoms with E-state index in [1.54, 1.807) is 6.26 Å². The molecule has 0 bridgehead atoms. The molecule has 0 amide bonds. The van der Waals surface area contributed by atoms with Gasteiger partial charge in [0.15, 0.2) is 0 Å². The Balaban J connectivity index is 2.63. The fourth-order valence-electron chi connectivity index (χ4n) is 2.80. The van der Waals surface area contributed by atoms with Crippen LogP contribution < -0.4 is 5.38 Å². The Labute approximate surface area is 158 Å². The van der Waals surface area contributed by atoms with E-state index in [4.69, 9.17) is 9.30 Å². The minimum absolute atomic E-state index is 0.326. The second-order valence-corrected chi connectivity index (χ2v) is 13.0. The number of hydrogen-bond donors (Lipinski definition) is 0. The van der Waals surface area contributed by atoms with Crippen LogP contribution in [0.1, 0.15) is 64.4 Å². The van der Waals surface area contributed by atoms with E-state index in [0.717, 1.165) is 30.2 Å². The Bertz CT molecular complexity index is 559. The van der Waals surface area contributed by atoms with Gasteiger partial charge in [-0.15, -0.1) is 0 Å². The molecular formula is C20H34O5Si. The molecule has 1 heterocycles. The molecule has 26 heavy (non-hydrogen) atoms. The molecule has 0 saturated carbocycles. The number of furan rings is 1. The van der Waals surface area contributed by atoms with Crippen LogP contribution >= 0.6 is 0 Å². The topological polar surface area (TPSA) is 65.7 Å². The number of carbonyl (C=O) groups excluding carboxylic acids is 2. The molecule has 1 aromatic heterocycles. The van der Waals surface area contributed by atoms with Crippen LogP contribution in [0.2, 0.25) is 19.6 Å². The van der Waals surface area contributed by atoms with Crippen LogP contribution in [0.5, 0.6) is 0 Å². The second-order valence-electron chi connectivity index (χ2n) is 8.00. The first-order valence-electron chi connectivity index (χ1n) is 9.70. The van der Waals surface area contributed by atoms with Gasteiger partial charge in [0.05, 0.1) is 17.6 Å². The highest BCUT2D eigenvalue weighted by molar-refractivity contribution is 6.87. The summed E-state index contributed by atoms with van der Waals surface area (Å²) in [4.78, 5) is 32.3. The first-order valence-corrected chi connectivity index (χ1v) is 13.2. The van der Waals surface area contributed by atoms with Crippen LogP contribution in [0.25, 0.3) is 0 Å². The van der Waals surface area contributed by atoms with Gasteiger partial charge in [-0.05, 0) is 24.5 Å². The van der Waals surface area contributed by atoms with Crippen molar-refractivity contribution >= 4 is 25.4 Å². The van der Waals surface area contributed by atoms with Crippen LogP contribution in [0.3, 0.4) is 0 Å². The van der Waals surface area contributed by atoms with Gasteiger partial charge in [0.1, 0.15) is 8.07 Å². The summed E-state index contributed by atoms with van der Waals surface area (Å²) in [6.45, 7) is 10.1. The molecule has 0 N–H and O–H groups in total. The highest BCUT2D eigenvalue weighted by Gasteiger charge is 2.25. The van der Waals surface area contributed by atoms with Gasteiger partial charge in [-0.1, -0.05) is 65.1 Å². The van der Waals surface area contributed by atoms with Gasteiger partial charge in [0.2, 0.25) is 0 Å². The van der Waals surface area contributed by atoms with E-state index in [1.165, 1.54) is 32.6 Å². The first-order chi connectivity index (χ1) is 12.2. The molecule has 5 nitrogen and oxygen atoms in total. The third-order valence-electron chi connectivity index (χ3n) is 4.36. The maximum absolute atomic E-state index is 12.3. The molecule has 1 atom stereocenters. The molecule has 0 aliphatic heterocycles. The normalized spacial score (nSPS) is 12.7. The number of rotatable bonds is 11. The predicted octanol–water partition coefficient (Wildman–Crippen LogP) is 4.76. The zero-order valence-electron chi connectivity index (χ0n) is 16.9. The van der Waals surface area contributed by atoms with E-state index in [9.17, 15) is 9.59 Å². The van der Waals surface area contributed by atoms with Crippen molar-refractivity contribution in [2.24, 2.45) is 5.92 Å². The smallest absolute Gasteiger partial charge is 0.358 e. The highest BCUT2D eigenvalue weighted by Crippen LogP contribution is 2.20. The average molecular weight is 383 g/mol. The zero-order valence-corrected chi connectivity index (χ0v) is 17.9. The van der Waals surface area contributed by atoms with Crippen LogP contribution in [0.4, 0.5) is 0 Å². The molecule has 0 aliphatic carbocycles. The molecule has 0 aromatic carbocycles. The Morgan fingerprint density at radius 2 is 1.73 bits per heavy atom. The standard InChI is InChI=1S/C20H34O5Si/c1-6-7-8-9-10-11-12-18(20(22)25-24-16(2)21)13-17-14-19(23-15-17)26(3,4)5/h14-15,18H,6-13H2,1-5H3. The third kappa shape index (κ3) is 8.69. The monoisotopic (exact) mass is 382 g/mol. The second kappa shape index (κ2) is 11.2. The van der Waals surface area contributed by atoms with E-state index < -0.39 is 20.0 Å². The predicted molar refractivity (Wildman–Crippen MR) is 105 cm³/mol. The molecule has 0 spiro atoms. The summed E-state index contributed by atoms with van der Waals surface area (Å²) in [5, 5.41) is 1.03. The SMILES string of the molecule is CCCCCCCCC(Cc1coc([Si](C)(C)C)c1)C(=O)OOC(C)=O. The summed E-state index contributed by atoms with van der Waals surface area (Å²) in [5.41, 5.74) is 0.998. The van der Waals surface area contributed by atoms with E-state index in [-0.39, 0.29) is 5.92 Å². The Morgan fingerprint density at radius 3 is 2.31 bits per heavy atom. The molecular weight excluding hydrogens is 348 g/mol. The minimum Gasteiger partial charge on any atom is -0.474 e. The highest BCUT2D eigenvalue weighted by atomic mass is 28.3. The van der Waals surface area contributed by atoms with Crippen LogP contribution in [-0.4, -0.2) is 20.0 Å². The number of hydrogen-bond acceptors (Lipinski definition) is 5. The first kappa shape index (κ1) is 22.5. The van der Waals surface area contributed by atoms with Gasteiger partial charge in [0, 0.05) is 6.92 Å². The summed E-state index contributed by atoms with van der Waals surface area (Å²) in [5.74, 6) is -1.43. The van der Waals surface area contributed by atoms with Crippen LogP contribution in [0.15, 0.2) is 16.7 Å². The molecule has 1 rings (SSSR count). The van der Waals surface area contributed by atoms with Crippen LogP contribution in [0, 0.1) is 5.92 Å². The third-order valence-corrected chi connectivity index (χ3v) is 6.10. The molecule has 0 aliphatic rings. The van der Waals surface area contributed by atoms with Crippen LogP contribution in [-0.2, 0) is 25.8 Å². The lowest BCUT2D eigenvalue weighted by molar-refractivity contribution is -0.260. The van der Waals surface area contributed by atoms with Gasteiger partial charge in [-0.3, -0.25) is 0 Å². The van der Waals surface area contributed by atoms with Crippen molar-refractivity contribution in [2.75, 3.05) is 0 Å². The molecule has 0 radical (unpaired) electrons. The fraction of sp³-hybridized carbons (Fsp3) is 0.700. The summed E-state index contributed by atoms with van der Waals surface area (Å²) in [6, 6.07) is 2.06. The molecule has 1 aromatic rings. The maximum atomic E-state index is 12.3. The largest absolute Gasteiger partial charge is 0.474 e. The molecule has 0 saturated heterocycles. The lowest BCUT2D eigenvalue weighted by Crippen LogP contribution is -2.36. The fourth-order valence-corrected chi connectivity index (χ4v) is 3.83. The van der Waals surface area contributed by atoms with Crippen molar-refractivity contribution < 1.29 is 23.8 Å². The van der Waals surface area contributed by atoms with Crippen molar-refractivity contribution in [1.82, 2.24) is 0 Å². The molecule has 148 valence electrons. The van der Waals surface area contributed by atoms with Crippen molar-refractivity contribution in [1.29, 1.82) is 0 Å². The number of carbonyl (C=O) groups is 2. The lowest BCUT2D eigenvalue weighted by Gasteiger charge is -2.14. The van der Waals surface area contributed by atoms with E-state index in [2.05, 4.69) is 37.5 Å². The van der Waals surface area contributed by atoms with Gasteiger partial charge in [0.25, 0.3) is 0 Å². The average Bonchev–Trinajstić information content (AvgIpc) is 3.03. The summed E-state index contributed by atoms with van der Waals surface area (Å²) >= 11 is 0. The summed E-state index contributed by atoms with van der Waals surface area (Å²) in [6.07, 6.45) is 9.96. The molecule has 0 fully saturated rings. The molecule has 6 heteroatoms. The molecule has 1 unspecified atom stereocenters. The van der Waals surface area contributed by atoms with Crippen molar-refractivity contribution in [2.45, 2.75) is 84.9 Å². The van der Waals surface area contributed by atoms with E-state index in [1.807, 2.05) is 0 Å². The van der Waals surface area contributed by atoms with Crippen molar-refractivity contribution in [3.05, 3.63) is 17.9 Å². The van der Waals surface area contributed by atoms with Crippen molar-refractivity contribution in [3.8, 4) is 0 Å². The minimum atomic E-state index is -1.52. The summed E-state index contributed by atoms with van der Waals surface area (Å²) < 4.78 is 5.70. The maximum Gasteiger partial charge on any atom is 0.358 e. The Kier molecular flexibility index (Phi) is 9.69. The van der Waals surface area contributed by atoms with Gasteiger partial charge >= 0.3 is 11.9 Å². The van der Waals surface area contributed by atoms with Gasteiger partial charge in [-0.2, -0.15) is 0 Å². The Morgan fingerprint density at radius 1 is 1.08 bits per heavy atom. The van der Waals surface area contributed by atoms with E-state index >= 15 is 0 Å². The van der Waals surface area contributed by atoms with Gasteiger partial charge in [-0.25, -0.2) is 19.4 Å². The lowest BCUT2D eigenvalue weighted by atomic mass is 9.94. The number of unbranched alkanes of at least 4 members (excludes halogenated alkanes) is 5. The Hall–Kier alpha value is -1.56.